The summed E-state index contributed by atoms with van der Waals surface area (Å²) >= 11 is 0. The van der Waals surface area contributed by atoms with E-state index in [4.69, 9.17) is 0 Å². The Bertz CT molecular complexity index is 320. The molecule has 1 aromatic rings. The van der Waals surface area contributed by atoms with Gasteiger partial charge < -0.3 is 0 Å². The predicted octanol–water partition coefficient (Wildman–Crippen LogP) is 1.91. The number of hydrogen-bond acceptors (Lipinski definition) is 2. The topological polar surface area (TPSA) is 30.0 Å². The van der Waals surface area contributed by atoms with Crippen molar-refractivity contribution in [3.63, 3.8) is 0 Å². The average Bonchev–Trinajstić information content (AvgIpc) is 2.87. The molecule has 62 valence electrons. The van der Waals surface area contributed by atoms with Crippen LogP contribution in [0.5, 0.6) is 0 Å². The predicted molar refractivity (Wildman–Crippen MR) is 41.6 cm³/mol. The van der Waals surface area contributed by atoms with Crippen molar-refractivity contribution in [3.05, 3.63) is 29.3 Å². The number of aromatic nitrogens is 1. The van der Waals surface area contributed by atoms with Crippen LogP contribution in [-0.4, -0.2) is 11.3 Å². The first-order chi connectivity index (χ1) is 5.81. The highest BCUT2D eigenvalue weighted by molar-refractivity contribution is 5.71. The van der Waals surface area contributed by atoms with Crippen LogP contribution >= 0.6 is 0 Å². The van der Waals surface area contributed by atoms with Crippen molar-refractivity contribution in [1.82, 2.24) is 4.98 Å². The number of carbonyl (C=O) groups is 1. The number of aldehydes is 1. The van der Waals surface area contributed by atoms with Gasteiger partial charge in [0.05, 0.1) is 0 Å². The molecule has 3 heteroatoms. The zero-order chi connectivity index (χ0) is 8.55. The molecule has 2 rings (SSSR count). The van der Waals surface area contributed by atoms with Gasteiger partial charge in [-0.2, -0.15) is 4.39 Å². The van der Waals surface area contributed by atoms with Crippen molar-refractivity contribution in [2.45, 2.75) is 18.8 Å². The molecule has 1 aliphatic carbocycles. The largest absolute Gasteiger partial charge is 0.296 e. The second-order valence-corrected chi connectivity index (χ2v) is 3.01. The summed E-state index contributed by atoms with van der Waals surface area (Å²) in [5.41, 5.74) is 0.817. The molecule has 1 heterocycles. The Labute approximate surface area is 69.4 Å². The molecule has 0 atom stereocenters. The van der Waals surface area contributed by atoms with E-state index in [9.17, 15) is 9.18 Å². The smallest absolute Gasteiger partial charge is 0.216 e. The molecule has 2 nitrogen and oxygen atoms in total. The van der Waals surface area contributed by atoms with E-state index >= 15 is 0 Å². The molecule has 12 heavy (non-hydrogen) atoms. The van der Waals surface area contributed by atoms with Gasteiger partial charge in [0.25, 0.3) is 0 Å². The van der Waals surface area contributed by atoms with Gasteiger partial charge >= 0.3 is 0 Å². The third kappa shape index (κ3) is 1.22. The molecule has 1 fully saturated rings. The van der Waals surface area contributed by atoms with Crippen molar-refractivity contribution in [3.8, 4) is 0 Å². The highest BCUT2D eigenvalue weighted by atomic mass is 19.1. The second-order valence-electron chi connectivity index (χ2n) is 3.01. The summed E-state index contributed by atoms with van der Waals surface area (Å²) < 4.78 is 13.1. The zero-order valence-electron chi connectivity index (χ0n) is 6.46. The van der Waals surface area contributed by atoms with Gasteiger partial charge in [-0.3, -0.25) is 4.79 Å². The van der Waals surface area contributed by atoms with E-state index in [-0.39, 0.29) is 5.69 Å². The maximum absolute atomic E-state index is 13.1. The van der Waals surface area contributed by atoms with Crippen molar-refractivity contribution >= 4 is 6.29 Å². The third-order valence-electron chi connectivity index (χ3n) is 2.04. The van der Waals surface area contributed by atoms with Crippen molar-refractivity contribution in [2.24, 2.45) is 0 Å². The van der Waals surface area contributed by atoms with Crippen molar-refractivity contribution in [2.75, 3.05) is 0 Å². The highest BCUT2D eigenvalue weighted by Gasteiger charge is 2.26. The second kappa shape index (κ2) is 2.66. The first-order valence-electron chi connectivity index (χ1n) is 3.93. The van der Waals surface area contributed by atoms with Crippen molar-refractivity contribution < 1.29 is 9.18 Å². The Hall–Kier alpha value is -1.25. The number of hydrogen-bond donors (Lipinski definition) is 0. The molecule has 0 bridgehead atoms. The van der Waals surface area contributed by atoms with E-state index in [1.807, 2.05) is 0 Å². The Kier molecular flexibility index (Phi) is 1.64. The molecular formula is C9H8FNO. The van der Waals surface area contributed by atoms with E-state index < -0.39 is 5.95 Å². The molecule has 1 aromatic heterocycles. The number of halogens is 1. The highest BCUT2D eigenvalue weighted by Crippen LogP contribution is 2.40. The van der Waals surface area contributed by atoms with Crippen LogP contribution in [0.4, 0.5) is 4.39 Å². The SMILES string of the molecule is O=Cc1ccc(C2CC2)c(F)n1. The number of carbonyl (C=O) groups excluding carboxylic acids is 1. The average molecular weight is 165 g/mol. The summed E-state index contributed by atoms with van der Waals surface area (Å²) in [6, 6.07) is 3.22. The van der Waals surface area contributed by atoms with Gasteiger partial charge in [-0.1, -0.05) is 6.07 Å². The fourth-order valence-electron chi connectivity index (χ4n) is 1.22. The molecule has 1 aliphatic rings. The summed E-state index contributed by atoms with van der Waals surface area (Å²) in [7, 11) is 0. The minimum atomic E-state index is -0.484. The van der Waals surface area contributed by atoms with E-state index in [1.54, 1.807) is 12.1 Å². The molecule has 0 amide bonds. The Morgan fingerprint density at radius 1 is 1.50 bits per heavy atom. The maximum atomic E-state index is 13.1. The number of pyridine rings is 1. The van der Waals surface area contributed by atoms with Gasteiger partial charge in [0, 0.05) is 5.56 Å². The van der Waals surface area contributed by atoms with E-state index in [1.165, 1.54) is 0 Å². The molecule has 0 spiro atoms. The van der Waals surface area contributed by atoms with Crippen LogP contribution in [-0.2, 0) is 0 Å². The fraction of sp³-hybridized carbons (Fsp3) is 0.333. The third-order valence-corrected chi connectivity index (χ3v) is 2.04. The summed E-state index contributed by atoms with van der Waals surface area (Å²) in [6.45, 7) is 0. The Balaban J connectivity index is 2.38. The molecule has 0 unspecified atom stereocenters. The summed E-state index contributed by atoms with van der Waals surface area (Å²) in [6.07, 6.45) is 2.64. The summed E-state index contributed by atoms with van der Waals surface area (Å²) in [5.74, 6) is -0.139. The molecule has 0 aromatic carbocycles. The van der Waals surface area contributed by atoms with Gasteiger partial charge in [-0.25, -0.2) is 4.98 Å². The van der Waals surface area contributed by atoms with E-state index in [0.29, 0.717) is 17.8 Å². The Morgan fingerprint density at radius 2 is 2.25 bits per heavy atom. The van der Waals surface area contributed by atoms with E-state index in [0.717, 1.165) is 12.8 Å². The standard InChI is InChI=1S/C9H8FNO/c10-9-8(6-1-2-6)4-3-7(5-12)11-9/h3-6H,1-2H2. The first-order valence-corrected chi connectivity index (χ1v) is 3.93. The lowest BCUT2D eigenvalue weighted by Gasteiger charge is -1.98. The summed E-state index contributed by atoms with van der Waals surface area (Å²) in [4.78, 5) is 13.7. The number of nitrogens with zero attached hydrogens (tertiary/aromatic N) is 1. The van der Waals surface area contributed by atoms with Crippen molar-refractivity contribution in [1.29, 1.82) is 0 Å². The van der Waals surface area contributed by atoms with Gasteiger partial charge in [0.1, 0.15) is 5.69 Å². The molecule has 0 N–H and O–H groups in total. The molecular weight excluding hydrogens is 157 g/mol. The first kappa shape index (κ1) is 7.40. The van der Waals surface area contributed by atoms with Crippen LogP contribution in [0.25, 0.3) is 0 Å². The normalized spacial score (nSPS) is 16.1. The quantitative estimate of drug-likeness (QED) is 0.495. The molecule has 0 aliphatic heterocycles. The van der Waals surface area contributed by atoms with Gasteiger partial charge in [0.15, 0.2) is 6.29 Å². The van der Waals surface area contributed by atoms with Crippen LogP contribution in [0.1, 0.15) is 34.8 Å². The molecule has 0 saturated heterocycles. The lowest BCUT2D eigenvalue weighted by Crippen LogP contribution is -1.95. The maximum Gasteiger partial charge on any atom is 0.216 e. The Morgan fingerprint density at radius 3 is 2.75 bits per heavy atom. The minimum Gasteiger partial charge on any atom is -0.296 e. The van der Waals surface area contributed by atoms with Gasteiger partial charge in [0.2, 0.25) is 5.95 Å². The van der Waals surface area contributed by atoms with Gasteiger partial charge in [-0.05, 0) is 24.8 Å². The zero-order valence-corrected chi connectivity index (χ0v) is 6.46. The van der Waals surface area contributed by atoms with E-state index in [2.05, 4.69) is 4.98 Å². The lowest BCUT2D eigenvalue weighted by atomic mass is 10.2. The van der Waals surface area contributed by atoms with Crippen LogP contribution in [0.15, 0.2) is 12.1 Å². The van der Waals surface area contributed by atoms with Crippen LogP contribution in [0, 0.1) is 5.95 Å². The summed E-state index contributed by atoms with van der Waals surface area (Å²) in [5, 5.41) is 0. The fourth-order valence-corrected chi connectivity index (χ4v) is 1.22. The molecule has 1 saturated carbocycles. The van der Waals surface area contributed by atoms with Crippen LogP contribution in [0.2, 0.25) is 0 Å². The monoisotopic (exact) mass is 165 g/mol. The lowest BCUT2D eigenvalue weighted by molar-refractivity contribution is 0.111. The number of rotatable bonds is 2. The molecule has 0 radical (unpaired) electrons. The van der Waals surface area contributed by atoms with Crippen LogP contribution in [0.3, 0.4) is 0 Å². The van der Waals surface area contributed by atoms with Crippen LogP contribution < -0.4 is 0 Å². The minimum absolute atomic E-state index is 0.164. The van der Waals surface area contributed by atoms with Gasteiger partial charge in [-0.15, -0.1) is 0 Å².